The number of hydrogen-bond acceptors (Lipinski definition) is 7. The third-order valence-electron chi connectivity index (χ3n) is 4.03. The molecule has 3 rings (SSSR count). The van der Waals surface area contributed by atoms with Crippen molar-refractivity contribution in [2.75, 3.05) is 26.6 Å². The number of nitrogens with one attached hydrogen (secondary N) is 1. The van der Waals surface area contributed by atoms with Crippen molar-refractivity contribution < 1.29 is 28.5 Å². The molecular weight excluding hydrogens is 456 g/mol. The first-order valence-electron chi connectivity index (χ1n) is 9.56. The van der Waals surface area contributed by atoms with Gasteiger partial charge in [-0.3, -0.25) is 4.79 Å². The molecule has 0 aromatic heterocycles. The van der Waals surface area contributed by atoms with Crippen molar-refractivity contribution in [1.82, 2.24) is 5.43 Å². The lowest BCUT2D eigenvalue weighted by Gasteiger charge is -2.16. The highest BCUT2D eigenvalue weighted by molar-refractivity contribution is 9.10. The number of benzene rings is 2. The van der Waals surface area contributed by atoms with Gasteiger partial charge in [0.2, 0.25) is 12.5 Å². The number of rotatable bonds is 9. The van der Waals surface area contributed by atoms with Crippen molar-refractivity contribution >= 4 is 28.1 Å². The molecule has 0 saturated carbocycles. The third kappa shape index (κ3) is 4.96. The van der Waals surface area contributed by atoms with Crippen LogP contribution in [0.3, 0.4) is 0 Å². The molecule has 0 atom stereocenters. The molecule has 0 saturated heterocycles. The zero-order valence-corrected chi connectivity index (χ0v) is 18.6. The first-order chi connectivity index (χ1) is 14.6. The molecule has 0 aliphatic carbocycles. The smallest absolute Gasteiger partial charge is 0.271 e. The van der Waals surface area contributed by atoms with E-state index in [4.69, 9.17) is 23.7 Å². The Kier molecular flexibility index (Phi) is 7.40. The van der Waals surface area contributed by atoms with Gasteiger partial charge in [0.15, 0.2) is 23.0 Å². The maximum Gasteiger partial charge on any atom is 0.271 e. The number of amides is 1. The third-order valence-corrected chi connectivity index (χ3v) is 4.72. The summed E-state index contributed by atoms with van der Waals surface area (Å²) >= 11 is 3.45. The molecule has 0 fully saturated rings. The molecule has 30 heavy (non-hydrogen) atoms. The summed E-state index contributed by atoms with van der Waals surface area (Å²) in [7, 11) is 0. The van der Waals surface area contributed by atoms with Crippen molar-refractivity contribution in [3.63, 3.8) is 0 Å². The molecule has 1 amide bonds. The van der Waals surface area contributed by atoms with Crippen LogP contribution < -0.4 is 29.1 Å². The minimum atomic E-state index is -0.409. The molecule has 160 valence electrons. The summed E-state index contributed by atoms with van der Waals surface area (Å²) in [6.07, 6.45) is 1.52. The standard InChI is InChI=1S/C21H23BrN2O6/c1-4-26-18-7-13(8-19(27-5-2)20(18)28-6-3)21(25)24-23-11-14-9-16-17(10-15(14)22)30-12-29-16/h7-11H,4-6,12H2,1-3H3,(H,24,25). The fourth-order valence-corrected chi connectivity index (χ4v) is 3.20. The van der Waals surface area contributed by atoms with Crippen LogP contribution in [0.15, 0.2) is 33.8 Å². The molecule has 2 aromatic rings. The minimum absolute atomic E-state index is 0.182. The summed E-state index contributed by atoms with van der Waals surface area (Å²) in [6.45, 7) is 7.06. The lowest BCUT2D eigenvalue weighted by molar-refractivity contribution is 0.0954. The van der Waals surface area contributed by atoms with Crippen molar-refractivity contribution in [1.29, 1.82) is 0 Å². The van der Waals surface area contributed by atoms with Crippen molar-refractivity contribution in [2.24, 2.45) is 5.10 Å². The van der Waals surface area contributed by atoms with Crippen molar-refractivity contribution in [3.05, 3.63) is 39.9 Å². The lowest BCUT2D eigenvalue weighted by atomic mass is 10.1. The Hall–Kier alpha value is -2.94. The highest BCUT2D eigenvalue weighted by Gasteiger charge is 2.19. The summed E-state index contributed by atoms with van der Waals surface area (Å²) in [5.41, 5.74) is 3.59. The van der Waals surface area contributed by atoms with Gasteiger partial charge in [-0.25, -0.2) is 5.43 Å². The van der Waals surface area contributed by atoms with Crippen molar-refractivity contribution in [3.8, 4) is 28.7 Å². The van der Waals surface area contributed by atoms with E-state index >= 15 is 0 Å². The Morgan fingerprint density at radius 2 is 1.63 bits per heavy atom. The van der Waals surface area contributed by atoms with Crippen LogP contribution in [0.1, 0.15) is 36.7 Å². The summed E-state index contributed by atoms with van der Waals surface area (Å²) < 4.78 is 28.4. The Bertz CT molecular complexity index is 920. The normalized spacial score (nSPS) is 12.1. The van der Waals surface area contributed by atoms with E-state index in [1.54, 1.807) is 24.3 Å². The van der Waals surface area contributed by atoms with Gasteiger partial charge < -0.3 is 23.7 Å². The predicted molar refractivity (Wildman–Crippen MR) is 115 cm³/mol. The summed E-state index contributed by atoms with van der Waals surface area (Å²) in [6, 6.07) is 6.79. The monoisotopic (exact) mass is 478 g/mol. The van der Waals surface area contributed by atoms with E-state index < -0.39 is 5.91 Å². The molecule has 1 aliphatic rings. The molecular formula is C21H23BrN2O6. The minimum Gasteiger partial charge on any atom is -0.490 e. The first kappa shape index (κ1) is 21.8. The number of carbonyl (C=O) groups is 1. The van der Waals surface area contributed by atoms with Crippen LogP contribution in [-0.2, 0) is 0 Å². The van der Waals surface area contributed by atoms with Gasteiger partial charge in [0.25, 0.3) is 5.91 Å². The molecule has 1 N–H and O–H groups in total. The van der Waals surface area contributed by atoms with Gasteiger partial charge in [-0.05, 0) is 61.0 Å². The van der Waals surface area contributed by atoms with Crippen LogP contribution in [0.25, 0.3) is 0 Å². The molecule has 0 spiro atoms. The predicted octanol–water partition coefficient (Wildman–Crippen LogP) is 4.14. The summed E-state index contributed by atoms with van der Waals surface area (Å²) in [5.74, 6) is 2.24. The highest BCUT2D eigenvalue weighted by atomic mass is 79.9. The van der Waals surface area contributed by atoms with Gasteiger partial charge in [0.05, 0.1) is 26.0 Å². The Morgan fingerprint density at radius 3 is 2.23 bits per heavy atom. The number of nitrogens with zero attached hydrogens (tertiary/aromatic N) is 1. The van der Waals surface area contributed by atoms with Gasteiger partial charge >= 0.3 is 0 Å². The average molecular weight is 479 g/mol. The van der Waals surface area contributed by atoms with E-state index in [0.29, 0.717) is 54.1 Å². The van der Waals surface area contributed by atoms with Gasteiger partial charge in [-0.15, -0.1) is 0 Å². The topological polar surface area (TPSA) is 87.6 Å². The van der Waals surface area contributed by atoms with E-state index in [9.17, 15) is 4.79 Å². The fourth-order valence-electron chi connectivity index (χ4n) is 2.78. The quantitative estimate of drug-likeness (QED) is 0.430. The number of hydrazone groups is 1. The van der Waals surface area contributed by atoms with E-state index in [1.807, 2.05) is 20.8 Å². The van der Waals surface area contributed by atoms with Crippen LogP contribution in [0, 0.1) is 0 Å². The molecule has 9 heteroatoms. The van der Waals surface area contributed by atoms with E-state index in [2.05, 4.69) is 26.5 Å². The number of fused-ring (bicyclic) bond motifs is 1. The average Bonchev–Trinajstić information content (AvgIpc) is 3.17. The number of hydrogen-bond donors (Lipinski definition) is 1. The lowest BCUT2D eigenvalue weighted by Crippen LogP contribution is -2.18. The second kappa shape index (κ2) is 10.2. The molecule has 0 radical (unpaired) electrons. The number of carbonyl (C=O) groups excluding carboxylic acids is 1. The van der Waals surface area contributed by atoms with E-state index in [0.717, 1.165) is 10.0 Å². The second-order valence-corrected chi connectivity index (χ2v) is 6.88. The van der Waals surface area contributed by atoms with Crippen LogP contribution in [-0.4, -0.2) is 38.7 Å². The zero-order valence-electron chi connectivity index (χ0n) is 17.0. The largest absolute Gasteiger partial charge is 0.490 e. The van der Waals surface area contributed by atoms with E-state index in [1.165, 1.54) is 6.21 Å². The van der Waals surface area contributed by atoms with Crippen LogP contribution in [0.5, 0.6) is 28.7 Å². The molecule has 0 bridgehead atoms. The summed E-state index contributed by atoms with van der Waals surface area (Å²) in [4.78, 5) is 12.7. The summed E-state index contributed by atoms with van der Waals surface area (Å²) in [5, 5.41) is 4.05. The van der Waals surface area contributed by atoms with Gasteiger partial charge in [-0.2, -0.15) is 5.10 Å². The Balaban J connectivity index is 1.80. The molecule has 1 aliphatic heterocycles. The van der Waals surface area contributed by atoms with Gasteiger partial charge in [0.1, 0.15) is 0 Å². The zero-order chi connectivity index (χ0) is 21.5. The van der Waals surface area contributed by atoms with E-state index in [-0.39, 0.29) is 6.79 Å². The van der Waals surface area contributed by atoms with Crippen LogP contribution in [0.4, 0.5) is 0 Å². The SMILES string of the molecule is CCOc1cc(C(=O)NN=Cc2cc3c(cc2Br)OCO3)cc(OCC)c1OCC. The van der Waals surface area contributed by atoms with Crippen molar-refractivity contribution in [2.45, 2.75) is 20.8 Å². The van der Waals surface area contributed by atoms with Gasteiger partial charge in [0, 0.05) is 15.6 Å². The fraction of sp³-hybridized carbons (Fsp3) is 0.333. The number of ether oxygens (including phenoxy) is 5. The number of halogens is 1. The second-order valence-electron chi connectivity index (χ2n) is 6.03. The Morgan fingerprint density at radius 1 is 1.03 bits per heavy atom. The Labute approximate surface area is 183 Å². The molecule has 1 heterocycles. The molecule has 2 aromatic carbocycles. The first-order valence-corrected chi connectivity index (χ1v) is 10.4. The van der Waals surface area contributed by atoms with Crippen LogP contribution in [0.2, 0.25) is 0 Å². The molecule has 0 unspecified atom stereocenters. The molecule has 8 nitrogen and oxygen atoms in total. The maximum atomic E-state index is 12.7. The maximum absolute atomic E-state index is 12.7. The highest BCUT2D eigenvalue weighted by Crippen LogP contribution is 2.39. The van der Waals surface area contributed by atoms with Crippen LogP contribution >= 0.6 is 15.9 Å². The van der Waals surface area contributed by atoms with Gasteiger partial charge in [-0.1, -0.05) is 0 Å².